The van der Waals surface area contributed by atoms with Crippen LogP contribution in [-0.4, -0.2) is 13.3 Å². The second-order valence-corrected chi connectivity index (χ2v) is 7.97. The number of nitro benzene ring substituents is 1. The van der Waals surface area contributed by atoms with Crippen molar-refractivity contribution in [2.45, 2.75) is 4.90 Å². The molecule has 28 heavy (non-hydrogen) atoms. The maximum atomic E-state index is 12.7. The SMILES string of the molecule is O=[N+]([O-])c1c(Oc2ccccc2)ccc(S(=O)(=O)Nc2ccc(Cl)cc2)c1Cl. The van der Waals surface area contributed by atoms with Gasteiger partial charge in [0.1, 0.15) is 15.7 Å². The van der Waals surface area contributed by atoms with Crippen LogP contribution in [0.15, 0.2) is 71.6 Å². The highest BCUT2D eigenvalue weighted by atomic mass is 35.5. The van der Waals surface area contributed by atoms with Crippen molar-refractivity contribution in [3.8, 4) is 11.5 Å². The summed E-state index contributed by atoms with van der Waals surface area (Å²) in [6.45, 7) is 0. The average Bonchev–Trinajstić information content (AvgIpc) is 2.64. The molecule has 144 valence electrons. The molecule has 0 aliphatic carbocycles. The van der Waals surface area contributed by atoms with Crippen LogP contribution < -0.4 is 9.46 Å². The fourth-order valence-corrected chi connectivity index (χ4v) is 4.12. The zero-order chi connectivity index (χ0) is 20.3. The smallest absolute Gasteiger partial charge is 0.331 e. The van der Waals surface area contributed by atoms with E-state index in [0.717, 1.165) is 6.07 Å². The van der Waals surface area contributed by atoms with Gasteiger partial charge in [0.05, 0.1) is 4.92 Å². The predicted molar refractivity (Wildman–Crippen MR) is 107 cm³/mol. The van der Waals surface area contributed by atoms with Gasteiger partial charge in [-0.3, -0.25) is 14.8 Å². The zero-order valence-corrected chi connectivity index (χ0v) is 16.3. The van der Waals surface area contributed by atoms with Crippen LogP contribution in [-0.2, 0) is 10.0 Å². The van der Waals surface area contributed by atoms with Gasteiger partial charge in [-0.05, 0) is 48.5 Å². The fourth-order valence-electron chi connectivity index (χ4n) is 2.33. The number of halogens is 2. The molecule has 10 heteroatoms. The summed E-state index contributed by atoms with van der Waals surface area (Å²) >= 11 is 11.9. The number of nitrogens with one attached hydrogen (secondary N) is 1. The van der Waals surface area contributed by atoms with E-state index in [1.807, 2.05) is 0 Å². The number of nitro groups is 1. The first-order valence-corrected chi connectivity index (χ1v) is 10.00. The fraction of sp³-hybridized carbons (Fsp3) is 0. The molecule has 0 spiro atoms. The lowest BCUT2D eigenvalue weighted by Gasteiger charge is -2.12. The number of benzene rings is 3. The first-order chi connectivity index (χ1) is 13.3. The molecule has 0 fully saturated rings. The summed E-state index contributed by atoms with van der Waals surface area (Å²) < 4.78 is 33.1. The highest BCUT2D eigenvalue weighted by Gasteiger charge is 2.29. The molecule has 0 atom stereocenters. The monoisotopic (exact) mass is 438 g/mol. The first kappa shape index (κ1) is 19.9. The van der Waals surface area contributed by atoms with E-state index in [-0.39, 0.29) is 11.4 Å². The summed E-state index contributed by atoms with van der Waals surface area (Å²) in [5, 5.41) is 11.4. The minimum atomic E-state index is -4.19. The van der Waals surface area contributed by atoms with E-state index in [9.17, 15) is 18.5 Å². The van der Waals surface area contributed by atoms with Gasteiger partial charge in [-0.2, -0.15) is 0 Å². The van der Waals surface area contributed by atoms with Gasteiger partial charge in [0.25, 0.3) is 10.0 Å². The van der Waals surface area contributed by atoms with Gasteiger partial charge >= 0.3 is 5.69 Å². The van der Waals surface area contributed by atoms with Crippen LogP contribution in [0.4, 0.5) is 11.4 Å². The highest BCUT2D eigenvalue weighted by molar-refractivity contribution is 7.92. The van der Waals surface area contributed by atoms with Crippen molar-refractivity contribution in [3.63, 3.8) is 0 Å². The van der Waals surface area contributed by atoms with Crippen molar-refractivity contribution in [2.75, 3.05) is 4.72 Å². The standard InChI is InChI=1S/C18H12Cl2N2O5S/c19-12-6-8-13(9-7-12)21-28(25,26)16-11-10-15(18(17(16)20)22(23)24)27-14-4-2-1-3-5-14/h1-11,21H. The lowest BCUT2D eigenvalue weighted by atomic mass is 10.3. The van der Waals surface area contributed by atoms with Crippen LogP contribution in [0.5, 0.6) is 11.5 Å². The first-order valence-electron chi connectivity index (χ1n) is 7.76. The van der Waals surface area contributed by atoms with E-state index in [4.69, 9.17) is 27.9 Å². The number of hydrogen-bond acceptors (Lipinski definition) is 5. The summed E-state index contributed by atoms with van der Waals surface area (Å²) in [5.41, 5.74) is -0.419. The van der Waals surface area contributed by atoms with Crippen LogP contribution in [0.1, 0.15) is 0 Å². The summed E-state index contributed by atoms with van der Waals surface area (Å²) in [6, 6.07) is 16.6. The van der Waals surface area contributed by atoms with Gasteiger partial charge in [-0.1, -0.05) is 41.4 Å². The minimum absolute atomic E-state index is 0.174. The van der Waals surface area contributed by atoms with Crippen molar-refractivity contribution < 1.29 is 18.1 Å². The second-order valence-electron chi connectivity index (χ2n) is 5.51. The number of hydrogen-bond donors (Lipinski definition) is 1. The predicted octanol–water partition coefficient (Wildman–Crippen LogP) is 5.49. The molecule has 0 heterocycles. The molecule has 0 radical (unpaired) electrons. The molecule has 0 saturated carbocycles. The number of sulfonamides is 1. The van der Waals surface area contributed by atoms with Gasteiger partial charge in [-0.25, -0.2) is 8.42 Å². The van der Waals surface area contributed by atoms with E-state index >= 15 is 0 Å². The third-order valence-corrected chi connectivity index (χ3v) is 5.75. The Balaban J connectivity index is 2.01. The molecule has 3 aromatic carbocycles. The molecular weight excluding hydrogens is 427 g/mol. The van der Waals surface area contributed by atoms with E-state index < -0.39 is 30.6 Å². The summed E-state index contributed by atoms with van der Waals surface area (Å²) in [5.74, 6) is 0.170. The second kappa shape index (κ2) is 8.05. The maximum absolute atomic E-state index is 12.7. The molecule has 0 saturated heterocycles. The van der Waals surface area contributed by atoms with Crippen LogP contribution >= 0.6 is 23.2 Å². The number of anilines is 1. The molecule has 0 amide bonds. The third-order valence-electron chi connectivity index (χ3n) is 3.58. The number of ether oxygens (including phenoxy) is 1. The molecule has 0 aromatic heterocycles. The van der Waals surface area contributed by atoms with E-state index in [1.165, 1.54) is 30.3 Å². The van der Waals surface area contributed by atoms with E-state index in [2.05, 4.69) is 4.72 Å². The summed E-state index contributed by atoms with van der Waals surface area (Å²) in [4.78, 5) is 10.3. The molecular formula is C18H12Cl2N2O5S. The number of nitrogens with zero attached hydrogens (tertiary/aromatic N) is 1. The molecule has 7 nitrogen and oxygen atoms in total. The Kier molecular flexibility index (Phi) is 5.73. The topological polar surface area (TPSA) is 98.5 Å². The van der Waals surface area contributed by atoms with Crippen LogP contribution in [0.2, 0.25) is 10.0 Å². The molecule has 3 aromatic rings. The average molecular weight is 439 g/mol. The normalized spacial score (nSPS) is 11.1. The summed E-state index contributed by atoms with van der Waals surface area (Å²) in [7, 11) is -4.19. The molecule has 0 unspecified atom stereocenters. The van der Waals surface area contributed by atoms with Gasteiger partial charge in [-0.15, -0.1) is 0 Å². The minimum Gasteiger partial charge on any atom is -0.450 e. The van der Waals surface area contributed by atoms with Crippen molar-refractivity contribution in [1.82, 2.24) is 0 Å². The van der Waals surface area contributed by atoms with Gasteiger partial charge < -0.3 is 4.74 Å². The molecule has 3 rings (SSSR count). The zero-order valence-electron chi connectivity index (χ0n) is 14.0. The Hall–Kier alpha value is -2.81. The lowest BCUT2D eigenvalue weighted by molar-refractivity contribution is -0.385. The quantitative estimate of drug-likeness (QED) is 0.404. The Bertz CT molecular complexity index is 1120. The van der Waals surface area contributed by atoms with Gasteiger partial charge in [0.15, 0.2) is 0 Å². The van der Waals surface area contributed by atoms with Gasteiger partial charge in [0.2, 0.25) is 5.75 Å². The Morgan fingerprint density at radius 2 is 1.57 bits per heavy atom. The van der Waals surface area contributed by atoms with Crippen molar-refractivity contribution in [1.29, 1.82) is 0 Å². The summed E-state index contributed by atoms with van der Waals surface area (Å²) in [6.07, 6.45) is 0. The van der Waals surface area contributed by atoms with E-state index in [0.29, 0.717) is 10.8 Å². The Labute approximate surface area is 170 Å². The Morgan fingerprint density at radius 1 is 0.929 bits per heavy atom. The Morgan fingerprint density at radius 3 is 2.18 bits per heavy atom. The maximum Gasteiger partial charge on any atom is 0.331 e. The number of rotatable bonds is 6. The highest BCUT2D eigenvalue weighted by Crippen LogP contribution is 2.41. The third kappa shape index (κ3) is 4.36. The lowest BCUT2D eigenvalue weighted by Crippen LogP contribution is -2.14. The van der Waals surface area contributed by atoms with E-state index in [1.54, 1.807) is 30.3 Å². The molecule has 0 aliphatic heterocycles. The van der Waals surface area contributed by atoms with Gasteiger partial charge in [0, 0.05) is 10.7 Å². The molecule has 0 bridgehead atoms. The molecule has 1 N–H and O–H groups in total. The number of para-hydroxylation sites is 1. The van der Waals surface area contributed by atoms with Crippen molar-refractivity contribution in [3.05, 3.63) is 86.9 Å². The molecule has 0 aliphatic rings. The van der Waals surface area contributed by atoms with Crippen LogP contribution in [0, 0.1) is 10.1 Å². The van der Waals surface area contributed by atoms with Crippen LogP contribution in [0.25, 0.3) is 0 Å². The van der Waals surface area contributed by atoms with Crippen molar-refractivity contribution >= 4 is 44.6 Å². The largest absolute Gasteiger partial charge is 0.450 e. The van der Waals surface area contributed by atoms with Crippen molar-refractivity contribution in [2.24, 2.45) is 0 Å². The van der Waals surface area contributed by atoms with Crippen LogP contribution in [0.3, 0.4) is 0 Å².